The lowest BCUT2D eigenvalue weighted by Gasteiger charge is -2.13. The predicted molar refractivity (Wildman–Crippen MR) is 69.0 cm³/mol. The fourth-order valence-electron chi connectivity index (χ4n) is 2.11. The number of rotatable bonds is 3. The van der Waals surface area contributed by atoms with Crippen LogP contribution >= 0.6 is 0 Å². The number of esters is 1. The monoisotopic (exact) mass is 228 g/mol. The second kappa shape index (κ2) is 5.00. The standard InChI is InChI=1S/C15H16O2/c1-3-14(15(16)17-2)13-9-8-11-6-4-5-7-12(11)10-13/h4-10,14H,3H2,1-2H3. The summed E-state index contributed by atoms with van der Waals surface area (Å²) in [5.41, 5.74) is 1.03. The molecule has 0 fully saturated rings. The van der Waals surface area contributed by atoms with Crippen molar-refractivity contribution >= 4 is 16.7 Å². The van der Waals surface area contributed by atoms with Crippen molar-refractivity contribution in [2.75, 3.05) is 7.11 Å². The molecule has 0 aliphatic carbocycles. The van der Waals surface area contributed by atoms with E-state index in [4.69, 9.17) is 4.74 Å². The average molecular weight is 228 g/mol. The van der Waals surface area contributed by atoms with Crippen molar-refractivity contribution in [3.8, 4) is 0 Å². The highest BCUT2D eigenvalue weighted by molar-refractivity contribution is 5.85. The number of benzene rings is 2. The highest BCUT2D eigenvalue weighted by Crippen LogP contribution is 2.25. The molecule has 0 saturated heterocycles. The molecule has 2 rings (SSSR count). The Labute approximate surface area is 101 Å². The van der Waals surface area contributed by atoms with E-state index in [0.29, 0.717) is 0 Å². The zero-order valence-electron chi connectivity index (χ0n) is 10.1. The van der Waals surface area contributed by atoms with E-state index in [9.17, 15) is 4.79 Å². The van der Waals surface area contributed by atoms with Crippen molar-refractivity contribution < 1.29 is 9.53 Å². The molecule has 0 amide bonds. The molecule has 2 heteroatoms. The van der Waals surface area contributed by atoms with Gasteiger partial charge in [0.1, 0.15) is 0 Å². The van der Waals surface area contributed by atoms with Gasteiger partial charge in [-0.15, -0.1) is 0 Å². The lowest BCUT2D eigenvalue weighted by molar-refractivity contribution is -0.142. The van der Waals surface area contributed by atoms with E-state index in [1.807, 2.05) is 25.1 Å². The number of hydrogen-bond acceptors (Lipinski definition) is 2. The van der Waals surface area contributed by atoms with Crippen LogP contribution in [0.1, 0.15) is 24.8 Å². The molecule has 2 nitrogen and oxygen atoms in total. The van der Waals surface area contributed by atoms with E-state index in [-0.39, 0.29) is 11.9 Å². The van der Waals surface area contributed by atoms with Gasteiger partial charge in [-0.25, -0.2) is 0 Å². The van der Waals surface area contributed by atoms with Gasteiger partial charge in [-0.05, 0) is 22.8 Å². The molecule has 2 aromatic rings. The number of hydrogen-bond donors (Lipinski definition) is 0. The van der Waals surface area contributed by atoms with Crippen LogP contribution in [0.4, 0.5) is 0 Å². The van der Waals surface area contributed by atoms with Crippen LogP contribution in [0.25, 0.3) is 10.8 Å². The molecule has 0 heterocycles. The Hall–Kier alpha value is -1.83. The van der Waals surface area contributed by atoms with Crippen LogP contribution in [0.2, 0.25) is 0 Å². The van der Waals surface area contributed by atoms with Crippen molar-refractivity contribution in [3.63, 3.8) is 0 Å². The summed E-state index contributed by atoms with van der Waals surface area (Å²) in [5.74, 6) is -0.326. The van der Waals surface area contributed by atoms with Crippen molar-refractivity contribution in [3.05, 3.63) is 48.0 Å². The van der Waals surface area contributed by atoms with Gasteiger partial charge in [0.25, 0.3) is 0 Å². The van der Waals surface area contributed by atoms with Crippen molar-refractivity contribution in [2.45, 2.75) is 19.3 Å². The second-order valence-corrected chi connectivity index (χ2v) is 4.09. The van der Waals surface area contributed by atoms with Crippen molar-refractivity contribution in [1.29, 1.82) is 0 Å². The van der Waals surface area contributed by atoms with Gasteiger partial charge < -0.3 is 4.74 Å². The van der Waals surface area contributed by atoms with E-state index >= 15 is 0 Å². The van der Waals surface area contributed by atoms with Gasteiger partial charge >= 0.3 is 5.97 Å². The van der Waals surface area contributed by atoms with Crippen LogP contribution < -0.4 is 0 Å². The van der Waals surface area contributed by atoms with E-state index in [1.54, 1.807) is 0 Å². The fourth-order valence-corrected chi connectivity index (χ4v) is 2.11. The molecule has 1 unspecified atom stereocenters. The molecule has 0 radical (unpaired) electrons. The molecular formula is C15H16O2. The Morgan fingerprint density at radius 2 is 1.88 bits per heavy atom. The van der Waals surface area contributed by atoms with E-state index < -0.39 is 0 Å². The molecule has 0 aromatic heterocycles. The molecule has 17 heavy (non-hydrogen) atoms. The molecule has 0 spiro atoms. The molecule has 2 aromatic carbocycles. The zero-order chi connectivity index (χ0) is 12.3. The number of methoxy groups -OCH3 is 1. The number of carbonyl (C=O) groups is 1. The van der Waals surface area contributed by atoms with E-state index in [2.05, 4.69) is 24.3 Å². The topological polar surface area (TPSA) is 26.3 Å². The summed E-state index contributed by atoms with van der Waals surface area (Å²) < 4.78 is 4.83. The second-order valence-electron chi connectivity index (χ2n) is 4.09. The van der Waals surface area contributed by atoms with Gasteiger partial charge in [0.15, 0.2) is 0 Å². The maximum atomic E-state index is 11.7. The third-order valence-corrected chi connectivity index (χ3v) is 3.07. The first-order valence-electron chi connectivity index (χ1n) is 5.82. The highest BCUT2D eigenvalue weighted by atomic mass is 16.5. The molecule has 88 valence electrons. The molecule has 0 N–H and O–H groups in total. The maximum Gasteiger partial charge on any atom is 0.313 e. The van der Waals surface area contributed by atoms with Crippen molar-refractivity contribution in [2.24, 2.45) is 0 Å². The summed E-state index contributed by atoms with van der Waals surface area (Å²) >= 11 is 0. The molecular weight excluding hydrogens is 212 g/mol. The summed E-state index contributed by atoms with van der Waals surface area (Å²) in [4.78, 5) is 11.7. The molecule has 0 bridgehead atoms. The lowest BCUT2D eigenvalue weighted by Crippen LogP contribution is -2.13. The number of carbonyl (C=O) groups excluding carboxylic acids is 1. The molecule has 0 aliphatic rings. The van der Waals surface area contributed by atoms with Crippen molar-refractivity contribution in [1.82, 2.24) is 0 Å². The summed E-state index contributed by atoms with van der Waals surface area (Å²) in [6.07, 6.45) is 0.755. The highest BCUT2D eigenvalue weighted by Gasteiger charge is 2.19. The zero-order valence-corrected chi connectivity index (χ0v) is 10.1. The normalized spacial score (nSPS) is 12.4. The lowest BCUT2D eigenvalue weighted by atomic mass is 9.94. The average Bonchev–Trinajstić information content (AvgIpc) is 2.39. The third kappa shape index (κ3) is 2.31. The Balaban J connectivity index is 2.44. The first-order valence-corrected chi connectivity index (χ1v) is 5.82. The molecule has 0 aliphatic heterocycles. The predicted octanol–water partition coefficient (Wildman–Crippen LogP) is 3.51. The minimum Gasteiger partial charge on any atom is -0.469 e. The third-order valence-electron chi connectivity index (χ3n) is 3.07. The quantitative estimate of drug-likeness (QED) is 0.751. The maximum absolute atomic E-state index is 11.7. The van der Waals surface area contributed by atoms with Crippen LogP contribution in [-0.4, -0.2) is 13.1 Å². The first-order chi connectivity index (χ1) is 8.26. The van der Waals surface area contributed by atoms with Crippen LogP contribution in [0, 0.1) is 0 Å². The van der Waals surface area contributed by atoms with Gasteiger partial charge in [-0.1, -0.05) is 49.4 Å². The SMILES string of the molecule is CCC(C(=O)OC)c1ccc2ccccc2c1. The number of fused-ring (bicyclic) bond motifs is 1. The smallest absolute Gasteiger partial charge is 0.313 e. The minimum atomic E-state index is -0.164. The van der Waals surface area contributed by atoms with Crippen LogP contribution in [0.15, 0.2) is 42.5 Å². The summed E-state index contributed by atoms with van der Waals surface area (Å²) in [5, 5.41) is 2.35. The van der Waals surface area contributed by atoms with Crippen LogP contribution in [0.5, 0.6) is 0 Å². The van der Waals surface area contributed by atoms with Crippen LogP contribution in [0.3, 0.4) is 0 Å². The van der Waals surface area contributed by atoms with Gasteiger partial charge in [0.05, 0.1) is 13.0 Å². The van der Waals surface area contributed by atoms with Gasteiger partial charge in [0, 0.05) is 0 Å². The Bertz CT molecular complexity index is 531. The summed E-state index contributed by atoms with van der Waals surface area (Å²) in [7, 11) is 1.44. The largest absolute Gasteiger partial charge is 0.469 e. The van der Waals surface area contributed by atoms with E-state index in [1.165, 1.54) is 12.5 Å². The Kier molecular flexibility index (Phi) is 3.43. The molecule has 0 saturated carbocycles. The summed E-state index contributed by atoms with van der Waals surface area (Å²) in [6.45, 7) is 2.00. The number of ether oxygens (including phenoxy) is 1. The van der Waals surface area contributed by atoms with Gasteiger partial charge in [-0.2, -0.15) is 0 Å². The molecule has 1 atom stereocenters. The Morgan fingerprint density at radius 1 is 1.18 bits per heavy atom. The summed E-state index contributed by atoms with van der Waals surface area (Å²) in [6, 6.07) is 14.3. The van der Waals surface area contributed by atoms with Gasteiger partial charge in [0.2, 0.25) is 0 Å². The minimum absolute atomic E-state index is 0.162. The van der Waals surface area contributed by atoms with Gasteiger partial charge in [-0.3, -0.25) is 4.79 Å². The Morgan fingerprint density at radius 3 is 2.53 bits per heavy atom. The van der Waals surface area contributed by atoms with E-state index in [0.717, 1.165) is 17.4 Å². The van der Waals surface area contributed by atoms with Crippen LogP contribution in [-0.2, 0) is 9.53 Å². The fraction of sp³-hybridized carbons (Fsp3) is 0.267. The first kappa shape index (κ1) is 11.6.